The van der Waals surface area contributed by atoms with Gasteiger partial charge in [-0.15, -0.1) is 0 Å². The first-order chi connectivity index (χ1) is 3.31. The van der Waals surface area contributed by atoms with Crippen LogP contribution >= 0.6 is 0 Å². The van der Waals surface area contributed by atoms with Crippen LogP contribution in [0.2, 0.25) is 0 Å². The second kappa shape index (κ2) is 8.32. The van der Waals surface area contributed by atoms with E-state index in [1.807, 2.05) is 6.92 Å². The van der Waals surface area contributed by atoms with Crippen LogP contribution in [0.5, 0.6) is 0 Å². The van der Waals surface area contributed by atoms with Crippen LogP contribution in [0.15, 0.2) is 0 Å². The Morgan fingerprint density at radius 2 is 2.25 bits per heavy atom. The van der Waals surface area contributed by atoms with E-state index >= 15 is 0 Å². The SMILES string of the molecule is CC[N-]C(=O)NC.[Cs+]. The maximum absolute atomic E-state index is 10.1. The molecule has 3 nitrogen and oxygen atoms in total. The fourth-order valence-electron chi connectivity index (χ4n) is 0.223. The molecule has 0 aromatic rings. The van der Waals surface area contributed by atoms with Gasteiger partial charge in [0.1, 0.15) is 0 Å². The van der Waals surface area contributed by atoms with Crippen molar-refractivity contribution in [3.8, 4) is 0 Å². The van der Waals surface area contributed by atoms with Gasteiger partial charge in [0, 0.05) is 0 Å². The molecule has 0 spiro atoms. The zero-order valence-electron chi connectivity index (χ0n) is 5.56. The molecule has 0 fully saturated rings. The van der Waals surface area contributed by atoms with E-state index in [4.69, 9.17) is 0 Å². The van der Waals surface area contributed by atoms with Gasteiger partial charge in [0.15, 0.2) is 6.03 Å². The van der Waals surface area contributed by atoms with Gasteiger partial charge in [-0.25, -0.2) is 0 Å². The van der Waals surface area contributed by atoms with Crippen molar-refractivity contribution in [2.24, 2.45) is 0 Å². The molecule has 0 radical (unpaired) electrons. The second-order valence-corrected chi connectivity index (χ2v) is 1.03. The Labute approximate surface area is 108 Å². The first-order valence-electron chi connectivity index (χ1n) is 2.20. The summed E-state index contributed by atoms with van der Waals surface area (Å²) in [6.07, 6.45) is 0. The number of hydrogen-bond acceptors (Lipinski definition) is 1. The molecule has 0 unspecified atom stereocenters. The number of hydrogen-bond donors (Lipinski definition) is 1. The maximum Gasteiger partial charge on any atom is 1.00 e. The molecule has 0 aliphatic carbocycles. The third kappa shape index (κ3) is 7.32. The van der Waals surface area contributed by atoms with E-state index < -0.39 is 0 Å². The molecule has 42 valence electrons. The molecule has 4 heteroatoms. The van der Waals surface area contributed by atoms with Crippen molar-refractivity contribution >= 4 is 6.03 Å². The third-order valence-electron chi connectivity index (χ3n) is 0.516. The number of carbonyl (C=O) groups excluding carboxylic acids is 1. The Morgan fingerprint density at radius 1 is 1.75 bits per heavy atom. The summed E-state index contributed by atoms with van der Waals surface area (Å²) in [5, 5.41) is 5.85. The summed E-state index contributed by atoms with van der Waals surface area (Å²) < 4.78 is 0. The zero-order chi connectivity index (χ0) is 5.70. The Bertz CT molecular complexity index is 67.1. The van der Waals surface area contributed by atoms with E-state index in [2.05, 4.69) is 10.6 Å². The summed E-state index contributed by atoms with van der Waals surface area (Å²) >= 11 is 0. The number of carbonyl (C=O) groups is 1. The fraction of sp³-hybridized carbons (Fsp3) is 0.750. The van der Waals surface area contributed by atoms with Crippen LogP contribution in [0.25, 0.3) is 5.32 Å². The predicted molar refractivity (Wildman–Crippen MR) is 28.4 cm³/mol. The molecule has 0 aliphatic rings. The number of nitrogens with one attached hydrogen (secondary N) is 1. The van der Waals surface area contributed by atoms with Gasteiger partial charge in [0.2, 0.25) is 0 Å². The Hall–Kier alpha value is 1.32. The molecule has 0 aromatic heterocycles. The largest absolute Gasteiger partial charge is 1.00 e. The normalized spacial score (nSPS) is 6.75. The van der Waals surface area contributed by atoms with Gasteiger partial charge >= 0.3 is 68.9 Å². The molecule has 0 aromatic carbocycles. The van der Waals surface area contributed by atoms with Crippen LogP contribution in [0.3, 0.4) is 0 Å². The van der Waals surface area contributed by atoms with E-state index in [-0.39, 0.29) is 74.9 Å². The van der Waals surface area contributed by atoms with Crippen LogP contribution in [0.4, 0.5) is 4.79 Å². The number of urea groups is 1. The Kier molecular flexibility index (Phi) is 12.5. The standard InChI is InChI=1S/C4H10N2O.Cs/c1-3-6-4(7)5-2;/h3H2,1-2H3,(H2,5,6,7);/q;+1/p-1. The molecular formula is C4H9CsN2O. The maximum atomic E-state index is 10.1. The number of nitrogens with zero attached hydrogens (tertiary/aromatic N) is 1. The van der Waals surface area contributed by atoms with E-state index in [0.717, 1.165) is 0 Å². The van der Waals surface area contributed by atoms with E-state index in [9.17, 15) is 4.79 Å². The average Bonchev–Trinajstić information content (AvgIpc) is 1.68. The van der Waals surface area contributed by atoms with Crippen LogP contribution in [0.1, 0.15) is 6.92 Å². The minimum atomic E-state index is -0.248. The molecule has 8 heavy (non-hydrogen) atoms. The van der Waals surface area contributed by atoms with Crippen molar-refractivity contribution < 1.29 is 73.7 Å². The second-order valence-electron chi connectivity index (χ2n) is 1.03. The minimum Gasteiger partial charge on any atom is -0.452 e. The van der Waals surface area contributed by atoms with Gasteiger partial charge in [0.25, 0.3) is 0 Å². The van der Waals surface area contributed by atoms with Gasteiger partial charge < -0.3 is 10.6 Å². The summed E-state index contributed by atoms with van der Waals surface area (Å²) in [6.45, 7) is 2.37. The number of amides is 2. The summed E-state index contributed by atoms with van der Waals surface area (Å²) in [5.41, 5.74) is 0. The molecule has 0 heterocycles. The zero-order valence-corrected chi connectivity index (χ0v) is 11.8. The molecular weight excluding hydrogens is 225 g/mol. The van der Waals surface area contributed by atoms with Crippen molar-refractivity contribution in [1.29, 1.82) is 0 Å². The summed E-state index contributed by atoms with van der Waals surface area (Å²) in [6, 6.07) is -0.248. The summed E-state index contributed by atoms with van der Waals surface area (Å²) in [7, 11) is 1.56. The molecule has 0 aliphatic heterocycles. The van der Waals surface area contributed by atoms with Gasteiger partial charge in [0.05, 0.1) is 0 Å². The summed E-state index contributed by atoms with van der Waals surface area (Å²) in [5.74, 6) is 0. The quantitative estimate of drug-likeness (QED) is 0.546. The van der Waals surface area contributed by atoms with Crippen molar-refractivity contribution in [3.05, 3.63) is 5.32 Å². The van der Waals surface area contributed by atoms with Crippen LogP contribution in [-0.4, -0.2) is 19.6 Å². The van der Waals surface area contributed by atoms with Crippen molar-refractivity contribution in [3.63, 3.8) is 0 Å². The van der Waals surface area contributed by atoms with Crippen molar-refractivity contribution in [2.45, 2.75) is 6.92 Å². The van der Waals surface area contributed by atoms with Gasteiger partial charge in [-0.05, 0) is 0 Å². The third-order valence-corrected chi connectivity index (χ3v) is 0.516. The Balaban J connectivity index is 0. The molecule has 0 saturated heterocycles. The first kappa shape index (κ1) is 12.0. The van der Waals surface area contributed by atoms with Crippen molar-refractivity contribution in [2.75, 3.05) is 13.6 Å². The topological polar surface area (TPSA) is 43.2 Å². The smallest absolute Gasteiger partial charge is 0.452 e. The average molecular weight is 234 g/mol. The predicted octanol–water partition coefficient (Wildman–Crippen LogP) is -2.28. The number of rotatable bonds is 1. The van der Waals surface area contributed by atoms with Crippen LogP contribution in [0, 0.1) is 0 Å². The van der Waals surface area contributed by atoms with E-state index in [0.29, 0.717) is 6.54 Å². The Morgan fingerprint density at radius 3 is 2.38 bits per heavy atom. The summed E-state index contributed by atoms with van der Waals surface area (Å²) in [4.78, 5) is 10.1. The van der Waals surface area contributed by atoms with Crippen molar-refractivity contribution in [1.82, 2.24) is 5.32 Å². The molecule has 0 rings (SSSR count). The molecule has 1 N–H and O–H groups in total. The monoisotopic (exact) mass is 234 g/mol. The fourth-order valence-corrected chi connectivity index (χ4v) is 0.223. The minimum absolute atomic E-state index is 0. The molecule has 0 saturated carbocycles. The van der Waals surface area contributed by atoms with Gasteiger partial charge in [-0.3, -0.25) is 4.79 Å². The van der Waals surface area contributed by atoms with Gasteiger partial charge in [-0.1, -0.05) is 20.5 Å². The van der Waals surface area contributed by atoms with E-state index in [1.54, 1.807) is 7.05 Å². The molecule has 2 amide bonds. The molecule has 0 atom stereocenters. The molecule has 0 bridgehead atoms. The van der Waals surface area contributed by atoms with E-state index in [1.165, 1.54) is 0 Å². The van der Waals surface area contributed by atoms with Crippen LogP contribution < -0.4 is 74.2 Å². The first-order valence-corrected chi connectivity index (χ1v) is 2.20. The van der Waals surface area contributed by atoms with Gasteiger partial charge in [-0.2, -0.15) is 0 Å². The van der Waals surface area contributed by atoms with Crippen LogP contribution in [-0.2, 0) is 0 Å².